The highest BCUT2D eigenvalue weighted by atomic mass is 16.3. The number of rotatable bonds is 8. The molecule has 0 aromatic rings. The smallest absolute Gasteiger partial charge is 0.145 e. The maximum atomic E-state index is 10.8. The second-order valence-corrected chi connectivity index (χ2v) is 4.74. The van der Waals surface area contributed by atoms with Crippen molar-refractivity contribution in [3.05, 3.63) is 47.1 Å². The van der Waals surface area contributed by atoms with Gasteiger partial charge in [-0.1, -0.05) is 44.2 Å². The standard InChI is InChI=1S/C17H27NO2/c1-5-8-15(10-13(4)12-19)14(7-3)11-16(9-6-2)17(18)20/h6,8-12,14,17,20H,5,7,18H2,1-4H3/b9-6-,13-10+,15-8+,16-11+. The molecule has 0 spiro atoms. The number of hydrogen-bond donors (Lipinski definition) is 2. The number of nitrogens with two attached hydrogens (primary N) is 1. The van der Waals surface area contributed by atoms with Crippen molar-refractivity contribution in [1.29, 1.82) is 0 Å². The van der Waals surface area contributed by atoms with Crippen molar-refractivity contribution in [1.82, 2.24) is 0 Å². The molecule has 0 fully saturated rings. The van der Waals surface area contributed by atoms with Crippen LogP contribution in [-0.4, -0.2) is 17.6 Å². The summed E-state index contributed by atoms with van der Waals surface area (Å²) in [5.41, 5.74) is 8.04. The number of carbonyl (C=O) groups is 1. The van der Waals surface area contributed by atoms with Crippen LogP contribution < -0.4 is 5.73 Å². The molecule has 0 bridgehead atoms. The van der Waals surface area contributed by atoms with E-state index in [2.05, 4.69) is 19.9 Å². The van der Waals surface area contributed by atoms with Gasteiger partial charge in [-0.3, -0.25) is 4.79 Å². The van der Waals surface area contributed by atoms with Gasteiger partial charge in [0.05, 0.1) is 0 Å². The molecule has 20 heavy (non-hydrogen) atoms. The van der Waals surface area contributed by atoms with Crippen molar-refractivity contribution >= 4 is 6.29 Å². The second kappa shape index (κ2) is 10.4. The summed E-state index contributed by atoms with van der Waals surface area (Å²) in [6, 6.07) is 0. The number of aldehydes is 1. The van der Waals surface area contributed by atoms with Gasteiger partial charge in [-0.2, -0.15) is 0 Å². The first-order valence-corrected chi connectivity index (χ1v) is 7.11. The van der Waals surface area contributed by atoms with Crippen LogP contribution in [0.4, 0.5) is 0 Å². The van der Waals surface area contributed by atoms with Crippen LogP contribution in [0.2, 0.25) is 0 Å². The lowest BCUT2D eigenvalue weighted by atomic mass is 9.91. The van der Waals surface area contributed by atoms with Crippen LogP contribution in [0.1, 0.15) is 40.5 Å². The van der Waals surface area contributed by atoms with E-state index in [1.807, 2.05) is 31.2 Å². The molecule has 0 aromatic heterocycles. The molecule has 0 aliphatic carbocycles. The van der Waals surface area contributed by atoms with Crippen LogP contribution in [0.25, 0.3) is 0 Å². The Morgan fingerprint density at radius 3 is 2.35 bits per heavy atom. The van der Waals surface area contributed by atoms with Crippen LogP contribution in [0.3, 0.4) is 0 Å². The summed E-state index contributed by atoms with van der Waals surface area (Å²) in [6.07, 6.45) is 11.3. The first kappa shape index (κ1) is 18.6. The molecule has 3 nitrogen and oxygen atoms in total. The Hall–Kier alpha value is -1.45. The van der Waals surface area contributed by atoms with E-state index in [0.29, 0.717) is 11.1 Å². The first-order chi connectivity index (χ1) is 9.49. The van der Waals surface area contributed by atoms with E-state index in [4.69, 9.17) is 5.73 Å². The van der Waals surface area contributed by atoms with Gasteiger partial charge in [0.25, 0.3) is 0 Å². The first-order valence-electron chi connectivity index (χ1n) is 7.11. The van der Waals surface area contributed by atoms with Crippen LogP contribution in [0.15, 0.2) is 47.1 Å². The van der Waals surface area contributed by atoms with Gasteiger partial charge in [0.1, 0.15) is 12.5 Å². The minimum atomic E-state index is -0.987. The fraction of sp³-hybridized carbons (Fsp3) is 0.471. The predicted molar refractivity (Wildman–Crippen MR) is 85.1 cm³/mol. The Bertz CT molecular complexity index is 415. The largest absolute Gasteiger partial charge is 0.375 e. The highest BCUT2D eigenvalue weighted by Gasteiger charge is 2.11. The summed E-state index contributed by atoms with van der Waals surface area (Å²) >= 11 is 0. The lowest BCUT2D eigenvalue weighted by Crippen LogP contribution is -2.21. The quantitative estimate of drug-likeness (QED) is 0.310. The Balaban J connectivity index is 5.54. The zero-order chi connectivity index (χ0) is 15.5. The van der Waals surface area contributed by atoms with Crippen molar-refractivity contribution < 1.29 is 9.90 Å². The van der Waals surface area contributed by atoms with E-state index in [1.54, 1.807) is 6.92 Å². The van der Waals surface area contributed by atoms with Crippen molar-refractivity contribution in [3.8, 4) is 0 Å². The monoisotopic (exact) mass is 277 g/mol. The third-order valence-electron chi connectivity index (χ3n) is 2.98. The number of carbonyl (C=O) groups excluding carboxylic acids is 1. The minimum Gasteiger partial charge on any atom is -0.375 e. The molecule has 0 aromatic carbocycles. The maximum absolute atomic E-state index is 10.8. The molecule has 0 saturated carbocycles. The van der Waals surface area contributed by atoms with Gasteiger partial charge < -0.3 is 10.8 Å². The molecule has 0 radical (unpaired) electrons. The number of allylic oxidation sites excluding steroid dienone is 6. The predicted octanol–water partition coefficient (Wildman–Crippen LogP) is 3.27. The SMILES string of the molecule is C/C=C\C(=C/C(CC)C(=C/CC)/C=C(\C)C=O)C(N)O. The number of aliphatic hydroxyl groups excluding tert-OH is 1. The zero-order valence-corrected chi connectivity index (χ0v) is 13.0. The molecule has 112 valence electrons. The van der Waals surface area contributed by atoms with Crippen LogP contribution in [0.5, 0.6) is 0 Å². The normalized spacial score (nSPS) is 17.4. The van der Waals surface area contributed by atoms with Crippen molar-refractivity contribution in [2.24, 2.45) is 11.7 Å². The van der Waals surface area contributed by atoms with Crippen molar-refractivity contribution in [3.63, 3.8) is 0 Å². The lowest BCUT2D eigenvalue weighted by molar-refractivity contribution is -0.104. The Morgan fingerprint density at radius 1 is 1.30 bits per heavy atom. The lowest BCUT2D eigenvalue weighted by Gasteiger charge is -2.16. The van der Waals surface area contributed by atoms with Crippen molar-refractivity contribution in [2.45, 2.75) is 46.8 Å². The van der Waals surface area contributed by atoms with Crippen LogP contribution in [-0.2, 0) is 4.79 Å². The fourth-order valence-electron chi connectivity index (χ4n) is 1.98. The van der Waals surface area contributed by atoms with Gasteiger partial charge in [0.15, 0.2) is 0 Å². The third kappa shape index (κ3) is 6.64. The molecule has 0 saturated heterocycles. The molecular weight excluding hydrogens is 250 g/mol. The molecule has 3 heteroatoms. The molecule has 3 N–H and O–H groups in total. The Labute approximate surface area is 122 Å². The van der Waals surface area contributed by atoms with Crippen molar-refractivity contribution in [2.75, 3.05) is 0 Å². The summed E-state index contributed by atoms with van der Waals surface area (Å²) < 4.78 is 0. The molecule has 0 heterocycles. The molecule has 0 aliphatic rings. The van der Waals surface area contributed by atoms with Crippen LogP contribution >= 0.6 is 0 Å². The van der Waals surface area contributed by atoms with Gasteiger partial charge in [-0.25, -0.2) is 0 Å². The highest BCUT2D eigenvalue weighted by Crippen LogP contribution is 2.22. The summed E-state index contributed by atoms with van der Waals surface area (Å²) in [4.78, 5) is 10.8. The summed E-state index contributed by atoms with van der Waals surface area (Å²) in [5, 5.41) is 9.59. The van der Waals surface area contributed by atoms with Gasteiger partial charge >= 0.3 is 0 Å². The molecular formula is C17H27NO2. The van der Waals surface area contributed by atoms with E-state index in [-0.39, 0.29) is 5.92 Å². The maximum Gasteiger partial charge on any atom is 0.145 e. The highest BCUT2D eigenvalue weighted by molar-refractivity contribution is 5.73. The molecule has 0 amide bonds. The second-order valence-electron chi connectivity index (χ2n) is 4.74. The zero-order valence-electron chi connectivity index (χ0n) is 13.0. The third-order valence-corrected chi connectivity index (χ3v) is 2.98. The van der Waals surface area contributed by atoms with Crippen LogP contribution in [0, 0.1) is 5.92 Å². The van der Waals surface area contributed by atoms with E-state index < -0.39 is 6.23 Å². The average Bonchev–Trinajstić information content (AvgIpc) is 2.42. The number of aliphatic hydroxyl groups is 1. The summed E-state index contributed by atoms with van der Waals surface area (Å²) in [6.45, 7) is 7.81. The van der Waals surface area contributed by atoms with Gasteiger partial charge in [0.2, 0.25) is 0 Å². The van der Waals surface area contributed by atoms with Gasteiger partial charge in [-0.15, -0.1) is 0 Å². The van der Waals surface area contributed by atoms with E-state index >= 15 is 0 Å². The molecule has 0 aliphatic heterocycles. The van der Waals surface area contributed by atoms with E-state index in [0.717, 1.165) is 24.7 Å². The van der Waals surface area contributed by atoms with Gasteiger partial charge in [0, 0.05) is 5.92 Å². The molecule has 2 atom stereocenters. The average molecular weight is 277 g/mol. The summed E-state index contributed by atoms with van der Waals surface area (Å²) in [7, 11) is 0. The Morgan fingerprint density at radius 2 is 1.95 bits per heavy atom. The van der Waals surface area contributed by atoms with E-state index in [9.17, 15) is 9.90 Å². The van der Waals surface area contributed by atoms with E-state index in [1.165, 1.54) is 0 Å². The Kier molecular flexibility index (Phi) is 9.60. The fourth-order valence-corrected chi connectivity index (χ4v) is 1.98. The molecule has 2 unspecified atom stereocenters. The summed E-state index contributed by atoms with van der Waals surface area (Å²) in [5.74, 6) is 0.134. The minimum absolute atomic E-state index is 0.134. The topological polar surface area (TPSA) is 63.3 Å². The molecule has 0 rings (SSSR count). The van der Waals surface area contributed by atoms with Gasteiger partial charge in [-0.05, 0) is 43.4 Å². The number of hydrogen-bond acceptors (Lipinski definition) is 3.